The van der Waals surface area contributed by atoms with Crippen molar-refractivity contribution in [1.29, 1.82) is 0 Å². The highest BCUT2D eigenvalue weighted by Gasteiger charge is 2.33. The van der Waals surface area contributed by atoms with Gasteiger partial charge in [-0.1, -0.05) is 17.3 Å². The molecule has 2 aliphatic rings. The van der Waals surface area contributed by atoms with Gasteiger partial charge in [0.25, 0.3) is 0 Å². The Hall–Kier alpha value is -5.65. The number of nitrogens with zero attached hydrogens (tertiary/aromatic N) is 5. The lowest BCUT2D eigenvalue weighted by Gasteiger charge is -2.21. The smallest absolute Gasteiger partial charge is 0.235 e. The number of nitrogen functional groups attached to an aromatic ring is 2. The number of fused-ring (bicyclic) bond motifs is 2. The Morgan fingerprint density at radius 1 is 0.980 bits per heavy atom. The maximum atomic E-state index is 14.7. The van der Waals surface area contributed by atoms with E-state index in [-0.39, 0.29) is 70.7 Å². The molecule has 0 fully saturated rings. The number of hydrogen-bond donors (Lipinski definition) is 5. The minimum Gasteiger partial charge on any atom is -0.435 e. The Balaban J connectivity index is 0.000000242. The van der Waals surface area contributed by atoms with Gasteiger partial charge >= 0.3 is 0 Å². The number of rotatable bonds is 9. The maximum Gasteiger partial charge on any atom is 0.235 e. The Morgan fingerprint density at radius 3 is 2.28 bits per heavy atom. The van der Waals surface area contributed by atoms with Gasteiger partial charge in [-0.3, -0.25) is 4.79 Å². The van der Waals surface area contributed by atoms with Crippen molar-refractivity contribution in [1.82, 2.24) is 30.2 Å². The van der Waals surface area contributed by atoms with Crippen LogP contribution in [0.1, 0.15) is 42.4 Å². The molecule has 0 spiro atoms. The van der Waals surface area contributed by atoms with Crippen LogP contribution in [0, 0.1) is 18.7 Å². The van der Waals surface area contributed by atoms with Gasteiger partial charge < -0.3 is 40.9 Å². The largest absolute Gasteiger partial charge is 0.435 e. The number of anilines is 2. The number of carbonyl (C=O) groups excluding carboxylic acids is 1. The number of hydrogen-bond acceptors (Lipinski definition) is 14. The number of ether oxygens (including phenoxy) is 2. The first-order valence-electron chi connectivity index (χ1n) is 14.9. The van der Waals surface area contributed by atoms with E-state index in [0.717, 1.165) is 17.7 Å². The number of nitrogens with two attached hydrogens (primary N) is 3. The minimum atomic E-state index is -0.536. The fraction of sp³-hybridized carbons (Fsp3) is 0.250. The summed E-state index contributed by atoms with van der Waals surface area (Å²) in [6.07, 6.45) is 9.49. The number of benzene rings is 1. The summed E-state index contributed by atoms with van der Waals surface area (Å²) in [5, 5.41) is 7.33. The molecule has 2 unspecified atom stereocenters. The summed E-state index contributed by atoms with van der Waals surface area (Å²) in [5.41, 5.74) is 14.1. The van der Waals surface area contributed by atoms with Crippen LogP contribution in [-0.2, 0) is 9.68 Å². The van der Waals surface area contributed by atoms with Crippen LogP contribution in [-0.4, -0.2) is 56.7 Å². The molecule has 8 N–H and O–H groups in total. The first kappa shape index (κ1) is 38.8. The van der Waals surface area contributed by atoms with Gasteiger partial charge in [0, 0.05) is 22.3 Å². The molecule has 1 aliphatic heterocycles. The lowest BCUT2D eigenvalue weighted by Crippen LogP contribution is -2.29. The molecule has 266 valence electrons. The number of H-pyrrole nitrogens is 1. The third kappa shape index (κ3) is 9.28. The molecule has 1 aliphatic carbocycles. The summed E-state index contributed by atoms with van der Waals surface area (Å²) in [6.45, 7) is 8.36. The molecule has 3 aromatic heterocycles. The zero-order valence-corrected chi connectivity index (χ0v) is 28.3. The first-order chi connectivity index (χ1) is 23.6. The van der Waals surface area contributed by atoms with Crippen LogP contribution >= 0.6 is 12.4 Å². The third-order valence-corrected chi connectivity index (χ3v) is 6.87. The normalized spacial score (nSPS) is 15.9. The van der Waals surface area contributed by atoms with E-state index in [4.69, 9.17) is 25.8 Å². The summed E-state index contributed by atoms with van der Waals surface area (Å²) < 4.78 is 40.1. The average molecular weight is 715 g/mol. The Morgan fingerprint density at radius 2 is 1.64 bits per heavy atom. The highest BCUT2D eigenvalue weighted by atomic mass is 35.5. The second-order valence-corrected chi connectivity index (χ2v) is 10.3. The predicted octanol–water partition coefficient (Wildman–Crippen LogP) is 4.96. The monoisotopic (exact) mass is 714 g/mol. The van der Waals surface area contributed by atoms with Crippen molar-refractivity contribution in [3.8, 4) is 17.5 Å². The Bertz CT molecular complexity index is 1920. The molecule has 15 nitrogen and oxygen atoms in total. The van der Waals surface area contributed by atoms with E-state index in [0.29, 0.717) is 36.0 Å². The lowest BCUT2D eigenvalue weighted by molar-refractivity contribution is 0.112. The van der Waals surface area contributed by atoms with Gasteiger partial charge in [-0.05, 0) is 52.0 Å². The Labute approximate surface area is 292 Å². The molecular weight excluding hydrogens is 678 g/mol. The fourth-order valence-electron chi connectivity index (χ4n) is 4.61. The average Bonchev–Trinajstić information content (AvgIpc) is 3.67. The quantitative estimate of drug-likeness (QED) is 0.0879. The molecule has 0 bridgehead atoms. The van der Waals surface area contributed by atoms with Crippen molar-refractivity contribution >= 4 is 47.4 Å². The SMILES string of the molecule is CCO/N=C/c1c(N)ncnc1OC1=C(F)C2C=C(C)NC2C=C1.CCON.Cc1cc2c(F)c(Oc3ncnc(N)c3C=O)ccc2[nH]1.Cl. The molecule has 4 aromatic rings. The number of aldehydes is 1. The highest BCUT2D eigenvalue weighted by Crippen LogP contribution is 2.34. The second-order valence-electron chi connectivity index (χ2n) is 10.3. The van der Waals surface area contributed by atoms with Crippen LogP contribution in [0.15, 0.2) is 71.5 Å². The van der Waals surface area contributed by atoms with Crippen molar-refractivity contribution in [2.75, 3.05) is 24.7 Å². The molecular formula is C32H37ClF2N10O5. The summed E-state index contributed by atoms with van der Waals surface area (Å²) in [5.74, 6) is 3.48. The van der Waals surface area contributed by atoms with Gasteiger partial charge in [0.05, 0.1) is 24.8 Å². The van der Waals surface area contributed by atoms with Crippen molar-refractivity contribution < 1.29 is 32.7 Å². The van der Waals surface area contributed by atoms with Gasteiger partial charge in [-0.25, -0.2) is 34.6 Å². The molecule has 2 atom stereocenters. The van der Waals surface area contributed by atoms with Crippen LogP contribution in [0.2, 0.25) is 0 Å². The van der Waals surface area contributed by atoms with Crippen LogP contribution in [0.25, 0.3) is 10.9 Å². The van der Waals surface area contributed by atoms with E-state index < -0.39 is 5.82 Å². The molecule has 50 heavy (non-hydrogen) atoms. The van der Waals surface area contributed by atoms with Crippen LogP contribution in [0.5, 0.6) is 17.5 Å². The summed E-state index contributed by atoms with van der Waals surface area (Å²) >= 11 is 0. The standard InChI is InChI=1S/C16H18FN5O2.C14H11FN4O2.C2H7NO.ClH/c1-3-23-21-7-11-15(18)19-8-20-16(11)24-13-5-4-12-10(14(13)17)6-9(2)22-12;1-7-4-8-10(19-7)2-3-11(12(8)15)21-14-9(5-20)13(16)17-6-18-14;1-2-4-3;/h4-8,10,12,22H,3H2,1-2H3,(H2,18,19,20);2-6,19H,1H3,(H2,16,17,18);2-3H2,1H3;1H/b21-7+;;;. The number of halogens is 3. The summed E-state index contributed by atoms with van der Waals surface area (Å²) in [6, 6.07) is 4.73. The number of aryl methyl sites for hydroxylation is 1. The van der Waals surface area contributed by atoms with Crippen molar-refractivity contribution in [3.63, 3.8) is 0 Å². The van der Waals surface area contributed by atoms with Gasteiger partial charge in [0.1, 0.15) is 42.0 Å². The highest BCUT2D eigenvalue weighted by molar-refractivity contribution is 5.88. The fourth-order valence-corrected chi connectivity index (χ4v) is 4.61. The van der Waals surface area contributed by atoms with E-state index in [1.807, 2.05) is 32.9 Å². The van der Waals surface area contributed by atoms with E-state index in [2.05, 4.69) is 46.1 Å². The molecule has 0 saturated heterocycles. The minimum absolute atomic E-state index is 0. The number of allylic oxidation sites excluding steroid dienone is 2. The van der Waals surface area contributed by atoms with Crippen molar-refractivity contribution in [3.05, 3.63) is 89.0 Å². The number of oxime groups is 1. The van der Waals surface area contributed by atoms with Crippen LogP contribution in [0.3, 0.4) is 0 Å². The predicted molar refractivity (Wildman–Crippen MR) is 186 cm³/mol. The first-order valence-corrected chi connectivity index (χ1v) is 14.9. The van der Waals surface area contributed by atoms with Gasteiger partial charge in [0.2, 0.25) is 11.8 Å². The Kier molecular flexibility index (Phi) is 14.1. The molecule has 18 heteroatoms. The maximum absolute atomic E-state index is 14.7. The molecule has 1 aromatic carbocycles. The molecule has 0 radical (unpaired) electrons. The molecule has 6 rings (SSSR count). The van der Waals surface area contributed by atoms with E-state index in [9.17, 15) is 13.6 Å². The topological polar surface area (TPSA) is 224 Å². The summed E-state index contributed by atoms with van der Waals surface area (Å²) in [7, 11) is 0. The van der Waals surface area contributed by atoms with Crippen molar-refractivity contribution in [2.24, 2.45) is 17.0 Å². The van der Waals surface area contributed by atoms with Gasteiger partial charge in [0.15, 0.2) is 29.4 Å². The van der Waals surface area contributed by atoms with E-state index >= 15 is 0 Å². The number of nitrogens with one attached hydrogen (secondary N) is 2. The number of carbonyl (C=O) groups is 1. The van der Waals surface area contributed by atoms with Gasteiger partial charge in [-0.2, -0.15) is 0 Å². The van der Waals surface area contributed by atoms with E-state index in [1.54, 1.807) is 25.1 Å². The third-order valence-electron chi connectivity index (χ3n) is 6.87. The molecule has 0 saturated carbocycles. The van der Waals surface area contributed by atoms with Crippen LogP contribution < -0.4 is 32.2 Å². The van der Waals surface area contributed by atoms with Crippen LogP contribution in [0.4, 0.5) is 20.4 Å². The zero-order chi connectivity index (χ0) is 35.5. The second kappa shape index (κ2) is 18.2. The summed E-state index contributed by atoms with van der Waals surface area (Å²) in [4.78, 5) is 38.4. The molecule has 0 amide bonds. The lowest BCUT2D eigenvalue weighted by atomic mass is 9.95. The number of aromatic amines is 1. The molecule has 4 heterocycles. The van der Waals surface area contributed by atoms with E-state index in [1.165, 1.54) is 18.6 Å². The zero-order valence-electron chi connectivity index (χ0n) is 27.5. The van der Waals surface area contributed by atoms with Crippen molar-refractivity contribution in [2.45, 2.75) is 33.7 Å². The van der Waals surface area contributed by atoms with Gasteiger partial charge in [-0.15, -0.1) is 12.4 Å². The number of aromatic nitrogens is 5.